The van der Waals surface area contributed by atoms with E-state index >= 15 is 0 Å². The molecule has 0 unspecified atom stereocenters. The van der Waals surface area contributed by atoms with Crippen LogP contribution in [-0.2, 0) is 17.9 Å². The summed E-state index contributed by atoms with van der Waals surface area (Å²) in [6.07, 6.45) is 0. The van der Waals surface area contributed by atoms with Crippen LogP contribution in [0.25, 0.3) is 0 Å². The molecule has 0 bridgehead atoms. The van der Waals surface area contributed by atoms with Crippen molar-refractivity contribution >= 4 is 18.4 Å². The second kappa shape index (κ2) is 5.59. The first kappa shape index (κ1) is 13.7. The first-order chi connectivity index (χ1) is 10.1. The van der Waals surface area contributed by atoms with Gasteiger partial charge in [-0.25, -0.2) is 0 Å². The number of hydrogen-bond donors (Lipinski definition) is 3. The number of ether oxygens (including phenoxy) is 1. The van der Waals surface area contributed by atoms with E-state index in [1.807, 2.05) is 30.3 Å². The molecule has 5 nitrogen and oxygen atoms in total. The largest absolute Gasteiger partial charge is 0.491 e. The van der Waals surface area contributed by atoms with Crippen LogP contribution in [0.4, 0.5) is 0 Å². The minimum atomic E-state index is -0.871. The van der Waals surface area contributed by atoms with Crippen LogP contribution in [0.15, 0.2) is 42.5 Å². The van der Waals surface area contributed by atoms with E-state index in [-0.39, 0.29) is 5.84 Å². The predicted octanol–water partition coefficient (Wildman–Crippen LogP) is 0.767. The third-order valence-electron chi connectivity index (χ3n) is 3.42. The Morgan fingerprint density at radius 1 is 1.33 bits per heavy atom. The molecule has 1 aliphatic rings. The molecule has 0 radical (unpaired) electrons. The number of nitrogens with two attached hydrogens (primary N) is 1. The number of nitrogen functional groups attached to an aromatic ring is 1. The molecule has 0 aromatic heterocycles. The molecule has 3 rings (SSSR count). The zero-order valence-corrected chi connectivity index (χ0v) is 11.4. The minimum Gasteiger partial charge on any atom is -0.489 e. The van der Waals surface area contributed by atoms with E-state index in [4.69, 9.17) is 20.5 Å². The van der Waals surface area contributed by atoms with Gasteiger partial charge in [-0.15, -0.1) is 0 Å². The third kappa shape index (κ3) is 2.91. The summed E-state index contributed by atoms with van der Waals surface area (Å²) >= 11 is 0. The van der Waals surface area contributed by atoms with E-state index < -0.39 is 7.12 Å². The van der Waals surface area contributed by atoms with Crippen molar-refractivity contribution in [2.24, 2.45) is 5.73 Å². The highest BCUT2D eigenvalue weighted by molar-refractivity contribution is 6.61. The van der Waals surface area contributed by atoms with E-state index in [0.717, 1.165) is 16.6 Å². The Bertz CT molecular complexity index is 690. The number of nitrogens with one attached hydrogen (secondary N) is 1. The summed E-state index contributed by atoms with van der Waals surface area (Å²) < 4.78 is 10.9. The summed E-state index contributed by atoms with van der Waals surface area (Å²) in [5, 5.41) is 17.1. The molecule has 0 saturated carbocycles. The van der Waals surface area contributed by atoms with Gasteiger partial charge in [-0.2, -0.15) is 0 Å². The molecule has 4 N–H and O–H groups in total. The zero-order valence-electron chi connectivity index (χ0n) is 11.4. The van der Waals surface area contributed by atoms with Crippen LogP contribution in [0.2, 0.25) is 0 Å². The Morgan fingerprint density at radius 3 is 3.00 bits per heavy atom. The number of amidine groups is 1. The molecule has 6 heteroatoms. The van der Waals surface area contributed by atoms with Crippen LogP contribution in [-0.4, -0.2) is 18.0 Å². The average Bonchev–Trinajstić information content (AvgIpc) is 2.86. The van der Waals surface area contributed by atoms with E-state index in [1.54, 1.807) is 12.1 Å². The molecule has 1 aliphatic heterocycles. The molecule has 0 aliphatic carbocycles. The van der Waals surface area contributed by atoms with E-state index in [0.29, 0.717) is 24.5 Å². The van der Waals surface area contributed by atoms with Gasteiger partial charge in [-0.1, -0.05) is 24.3 Å². The highest BCUT2D eigenvalue weighted by Gasteiger charge is 2.27. The van der Waals surface area contributed by atoms with Crippen LogP contribution in [0.3, 0.4) is 0 Å². The van der Waals surface area contributed by atoms with Gasteiger partial charge < -0.3 is 20.1 Å². The lowest BCUT2D eigenvalue weighted by molar-refractivity contribution is 0.275. The molecule has 2 aromatic carbocycles. The Morgan fingerprint density at radius 2 is 2.19 bits per heavy atom. The molecule has 0 atom stereocenters. The summed E-state index contributed by atoms with van der Waals surface area (Å²) in [6, 6.07) is 12.9. The zero-order chi connectivity index (χ0) is 14.8. The topological polar surface area (TPSA) is 88.6 Å². The van der Waals surface area contributed by atoms with Crippen molar-refractivity contribution in [3.8, 4) is 5.75 Å². The number of rotatable bonds is 4. The Hall–Kier alpha value is -2.31. The maximum absolute atomic E-state index is 9.67. The lowest BCUT2D eigenvalue weighted by atomic mass is 9.79. The SMILES string of the molecule is N=C(N)c1cccc(COc2ccc3c(c2)B(O)OC3)c1. The fourth-order valence-corrected chi connectivity index (χ4v) is 2.28. The second-order valence-corrected chi connectivity index (χ2v) is 4.93. The normalized spacial score (nSPS) is 13.1. The van der Waals surface area contributed by atoms with Gasteiger partial charge in [0.05, 0.1) is 6.61 Å². The van der Waals surface area contributed by atoms with Crippen LogP contribution in [0.1, 0.15) is 16.7 Å². The number of fused-ring (bicyclic) bond motifs is 1. The Balaban J connectivity index is 1.72. The Kier molecular flexibility index (Phi) is 3.64. The lowest BCUT2D eigenvalue weighted by Crippen LogP contribution is -2.27. The summed E-state index contributed by atoms with van der Waals surface area (Å²) in [5.41, 5.74) is 8.81. The quantitative estimate of drug-likeness (QED) is 0.439. The molecule has 0 amide bonds. The maximum Gasteiger partial charge on any atom is 0.491 e. The highest BCUT2D eigenvalue weighted by atomic mass is 16.5. The molecule has 0 saturated heterocycles. The molecule has 0 fully saturated rings. The van der Waals surface area contributed by atoms with Crippen LogP contribution >= 0.6 is 0 Å². The molecular weight excluding hydrogens is 267 g/mol. The van der Waals surface area contributed by atoms with Gasteiger partial charge >= 0.3 is 7.12 Å². The lowest BCUT2D eigenvalue weighted by Gasteiger charge is -2.09. The third-order valence-corrected chi connectivity index (χ3v) is 3.42. The average molecular weight is 282 g/mol. The van der Waals surface area contributed by atoms with Gasteiger partial charge in [-0.05, 0) is 34.8 Å². The molecule has 1 heterocycles. The van der Waals surface area contributed by atoms with E-state index in [1.165, 1.54) is 0 Å². The van der Waals surface area contributed by atoms with Crippen molar-refractivity contribution in [2.45, 2.75) is 13.2 Å². The second-order valence-electron chi connectivity index (χ2n) is 4.93. The summed E-state index contributed by atoms with van der Waals surface area (Å²) in [7, 11) is -0.871. The molecule has 21 heavy (non-hydrogen) atoms. The van der Waals surface area contributed by atoms with Gasteiger partial charge in [0.1, 0.15) is 18.2 Å². The highest BCUT2D eigenvalue weighted by Crippen LogP contribution is 2.17. The van der Waals surface area contributed by atoms with Crippen molar-refractivity contribution in [3.05, 3.63) is 59.2 Å². The van der Waals surface area contributed by atoms with Crippen LogP contribution < -0.4 is 15.9 Å². The van der Waals surface area contributed by atoms with E-state index in [9.17, 15) is 5.02 Å². The summed E-state index contributed by atoms with van der Waals surface area (Å²) in [6.45, 7) is 0.800. The molecular formula is C15H15BN2O3. The molecule has 2 aromatic rings. The summed E-state index contributed by atoms with van der Waals surface area (Å²) in [5.74, 6) is 0.709. The standard InChI is InChI=1S/C15H15BN2O3/c17-15(18)11-3-1-2-10(6-11)8-20-13-5-4-12-9-21-16(19)14(12)7-13/h1-7,19H,8-9H2,(H3,17,18). The fraction of sp³-hybridized carbons (Fsp3) is 0.133. The summed E-state index contributed by atoms with van der Waals surface area (Å²) in [4.78, 5) is 0. The maximum atomic E-state index is 9.67. The molecule has 0 spiro atoms. The Labute approximate surface area is 123 Å². The van der Waals surface area contributed by atoms with Gasteiger partial charge in [0.25, 0.3) is 0 Å². The molecule has 106 valence electrons. The van der Waals surface area contributed by atoms with Crippen LogP contribution in [0, 0.1) is 5.41 Å². The van der Waals surface area contributed by atoms with Crippen molar-refractivity contribution in [2.75, 3.05) is 0 Å². The van der Waals surface area contributed by atoms with Crippen molar-refractivity contribution in [3.63, 3.8) is 0 Å². The van der Waals surface area contributed by atoms with Gasteiger partial charge in [0.15, 0.2) is 0 Å². The fourth-order valence-electron chi connectivity index (χ4n) is 2.28. The van der Waals surface area contributed by atoms with Crippen molar-refractivity contribution in [1.29, 1.82) is 5.41 Å². The predicted molar refractivity (Wildman–Crippen MR) is 80.6 cm³/mol. The van der Waals surface area contributed by atoms with Crippen LogP contribution in [0.5, 0.6) is 5.75 Å². The van der Waals surface area contributed by atoms with Gasteiger partial charge in [0, 0.05) is 5.56 Å². The number of benzene rings is 2. The first-order valence-corrected chi connectivity index (χ1v) is 6.62. The smallest absolute Gasteiger partial charge is 0.489 e. The van der Waals surface area contributed by atoms with Gasteiger partial charge in [0.2, 0.25) is 0 Å². The minimum absolute atomic E-state index is 0.0367. The van der Waals surface area contributed by atoms with Crippen molar-refractivity contribution < 1.29 is 14.4 Å². The van der Waals surface area contributed by atoms with Gasteiger partial charge in [-0.3, -0.25) is 5.41 Å². The van der Waals surface area contributed by atoms with E-state index in [2.05, 4.69) is 0 Å². The monoisotopic (exact) mass is 282 g/mol. The first-order valence-electron chi connectivity index (χ1n) is 6.62. The number of hydrogen-bond acceptors (Lipinski definition) is 4. The van der Waals surface area contributed by atoms with Crippen molar-refractivity contribution in [1.82, 2.24) is 0 Å².